The second kappa shape index (κ2) is 3.76. The second-order valence-electron chi connectivity index (χ2n) is 3.99. The summed E-state index contributed by atoms with van der Waals surface area (Å²) in [6.07, 6.45) is 3.20. The molecule has 0 aromatic carbocycles. The number of thiazole rings is 1. The first-order valence-corrected chi connectivity index (χ1v) is 5.77. The topological polar surface area (TPSA) is 24.9 Å². The lowest BCUT2D eigenvalue weighted by atomic mass is 9.71. The van der Waals surface area contributed by atoms with Crippen molar-refractivity contribution in [3.63, 3.8) is 0 Å². The molecule has 0 amide bonds. The van der Waals surface area contributed by atoms with Crippen LogP contribution in [0.1, 0.15) is 25.3 Å². The van der Waals surface area contributed by atoms with Crippen LogP contribution >= 0.6 is 11.3 Å². The molecular weight excluding hydrogens is 180 g/mol. The van der Waals surface area contributed by atoms with Crippen LogP contribution in [0.5, 0.6) is 0 Å². The van der Waals surface area contributed by atoms with Gasteiger partial charge in [-0.05, 0) is 18.3 Å². The van der Waals surface area contributed by atoms with E-state index in [2.05, 4.69) is 24.1 Å². The summed E-state index contributed by atoms with van der Waals surface area (Å²) in [7, 11) is 0. The molecule has 1 saturated carbocycles. The fourth-order valence-corrected chi connectivity index (χ4v) is 2.43. The second-order valence-corrected chi connectivity index (χ2v) is 4.96. The van der Waals surface area contributed by atoms with Crippen LogP contribution in [0.25, 0.3) is 0 Å². The standard InChI is InChI=1S/C10H16N2S/c1-7-5-9(8(7)2)12-6-10-11-3-4-13-10/h3-4,7-9,12H,5-6H2,1-2H3. The molecule has 1 N–H and O–H groups in total. The van der Waals surface area contributed by atoms with E-state index in [1.807, 2.05) is 11.6 Å². The first kappa shape index (κ1) is 9.16. The van der Waals surface area contributed by atoms with E-state index >= 15 is 0 Å². The lowest BCUT2D eigenvalue weighted by Crippen LogP contribution is -2.47. The maximum Gasteiger partial charge on any atom is 0.106 e. The third-order valence-corrected chi connectivity index (χ3v) is 3.94. The Balaban J connectivity index is 1.75. The molecule has 1 aliphatic rings. The number of rotatable bonds is 3. The van der Waals surface area contributed by atoms with Gasteiger partial charge < -0.3 is 5.32 Å². The lowest BCUT2D eigenvalue weighted by molar-refractivity contribution is 0.136. The van der Waals surface area contributed by atoms with E-state index in [1.165, 1.54) is 11.4 Å². The summed E-state index contributed by atoms with van der Waals surface area (Å²) in [5.41, 5.74) is 0. The quantitative estimate of drug-likeness (QED) is 0.802. The van der Waals surface area contributed by atoms with Crippen molar-refractivity contribution in [2.24, 2.45) is 11.8 Å². The van der Waals surface area contributed by atoms with E-state index in [1.54, 1.807) is 11.3 Å². The van der Waals surface area contributed by atoms with Gasteiger partial charge in [0.1, 0.15) is 5.01 Å². The van der Waals surface area contributed by atoms with E-state index in [9.17, 15) is 0 Å². The molecule has 1 aromatic heterocycles. The molecule has 2 nitrogen and oxygen atoms in total. The monoisotopic (exact) mass is 196 g/mol. The van der Waals surface area contributed by atoms with E-state index in [0.29, 0.717) is 0 Å². The van der Waals surface area contributed by atoms with Crippen molar-refractivity contribution in [2.75, 3.05) is 0 Å². The number of hydrogen-bond donors (Lipinski definition) is 1. The molecule has 0 bridgehead atoms. The van der Waals surface area contributed by atoms with Crippen molar-refractivity contribution in [1.29, 1.82) is 0 Å². The van der Waals surface area contributed by atoms with Gasteiger partial charge in [-0.1, -0.05) is 13.8 Å². The van der Waals surface area contributed by atoms with Gasteiger partial charge in [0.15, 0.2) is 0 Å². The molecule has 0 aliphatic heterocycles. The number of nitrogens with one attached hydrogen (secondary N) is 1. The van der Waals surface area contributed by atoms with Gasteiger partial charge in [0.05, 0.1) is 0 Å². The highest BCUT2D eigenvalue weighted by atomic mass is 32.1. The summed E-state index contributed by atoms with van der Waals surface area (Å²) in [6, 6.07) is 0.721. The zero-order valence-electron chi connectivity index (χ0n) is 8.16. The highest BCUT2D eigenvalue weighted by Gasteiger charge is 2.33. The molecule has 1 aromatic rings. The first-order chi connectivity index (χ1) is 6.27. The zero-order valence-corrected chi connectivity index (χ0v) is 8.97. The lowest BCUT2D eigenvalue weighted by Gasteiger charge is -2.41. The summed E-state index contributed by atoms with van der Waals surface area (Å²) in [6.45, 7) is 5.60. The Bertz CT molecular complexity index is 258. The molecule has 1 aliphatic carbocycles. The van der Waals surface area contributed by atoms with Crippen LogP contribution in [-0.4, -0.2) is 11.0 Å². The minimum atomic E-state index is 0.721. The van der Waals surface area contributed by atoms with Gasteiger partial charge in [-0.15, -0.1) is 11.3 Å². The van der Waals surface area contributed by atoms with Crippen LogP contribution < -0.4 is 5.32 Å². The van der Waals surface area contributed by atoms with Gasteiger partial charge in [0.25, 0.3) is 0 Å². The highest BCUT2D eigenvalue weighted by Crippen LogP contribution is 2.33. The average Bonchev–Trinajstić information content (AvgIpc) is 2.64. The Morgan fingerprint density at radius 3 is 3.00 bits per heavy atom. The summed E-state index contributed by atoms with van der Waals surface area (Å²) in [5.74, 6) is 1.73. The Morgan fingerprint density at radius 1 is 1.62 bits per heavy atom. The number of nitrogens with zero attached hydrogens (tertiary/aromatic N) is 1. The van der Waals surface area contributed by atoms with Crippen LogP contribution in [0.4, 0.5) is 0 Å². The van der Waals surface area contributed by atoms with E-state index in [-0.39, 0.29) is 0 Å². The molecule has 13 heavy (non-hydrogen) atoms. The van der Waals surface area contributed by atoms with Gasteiger partial charge in [0, 0.05) is 24.2 Å². The number of hydrogen-bond acceptors (Lipinski definition) is 3. The average molecular weight is 196 g/mol. The molecule has 1 heterocycles. The van der Waals surface area contributed by atoms with Gasteiger partial charge in [0.2, 0.25) is 0 Å². The molecule has 0 radical (unpaired) electrons. The van der Waals surface area contributed by atoms with Crippen LogP contribution in [0.3, 0.4) is 0 Å². The van der Waals surface area contributed by atoms with Crippen molar-refractivity contribution in [2.45, 2.75) is 32.9 Å². The maximum absolute atomic E-state index is 4.25. The first-order valence-electron chi connectivity index (χ1n) is 4.89. The Labute approximate surface area is 83.4 Å². The minimum absolute atomic E-state index is 0.721. The van der Waals surface area contributed by atoms with Gasteiger partial charge >= 0.3 is 0 Å². The summed E-state index contributed by atoms with van der Waals surface area (Å²) in [5, 5.41) is 6.78. The summed E-state index contributed by atoms with van der Waals surface area (Å²) in [4.78, 5) is 4.25. The Kier molecular flexibility index (Phi) is 2.65. The SMILES string of the molecule is CC1CC(NCc2nccs2)C1C. The van der Waals surface area contributed by atoms with Crippen LogP contribution in [0.2, 0.25) is 0 Å². The van der Waals surface area contributed by atoms with Gasteiger partial charge in [-0.25, -0.2) is 4.98 Å². The molecule has 0 spiro atoms. The molecule has 3 unspecified atom stereocenters. The van der Waals surface area contributed by atoms with Crippen LogP contribution in [0, 0.1) is 11.8 Å². The third kappa shape index (κ3) is 1.92. The third-order valence-electron chi connectivity index (χ3n) is 3.16. The van der Waals surface area contributed by atoms with Crippen molar-refractivity contribution in [1.82, 2.24) is 10.3 Å². The predicted octanol–water partition coefficient (Wildman–Crippen LogP) is 2.28. The van der Waals surface area contributed by atoms with Crippen molar-refractivity contribution in [3.05, 3.63) is 16.6 Å². The fourth-order valence-electron chi connectivity index (χ4n) is 1.86. The molecule has 0 saturated heterocycles. The van der Waals surface area contributed by atoms with Crippen LogP contribution in [0.15, 0.2) is 11.6 Å². The molecular formula is C10H16N2S. The van der Waals surface area contributed by atoms with Gasteiger partial charge in [-0.3, -0.25) is 0 Å². The molecule has 2 rings (SSSR count). The fraction of sp³-hybridized carbons (Fsp3) is 0.700. The molecule has 72 valence electrons. The van der Waals surface area contributed by atoms with Crippen LogP contribution in [-0.2, 0) is 6.54 Å². The number of aromatic nitrogens is 1. The normalized spacial score (nSPS) is 32.9. The molecule has 3 atom stereocenters. The largest absolute Gasteiger partial charge is 0.307 e. The zero-order chi connectivity index (χ0) is 9.26. The minimum Gasteiger partial charge on any atom is -0.307 e. The van der Waals surface area contributed by atoms with Crippen molar-refractivity contribution < 1.29 is 0 Å². The smallest absolute Gasteiger partial charge is 0.106 e. The molecule has 1 fully saturated rings. The van der Waals surface area contributed by atoms with Crippen molar-refractivity contribution >= 4 is 11.3 Å². The Morgan fingerprint density at radius 2 is 2.46 bits per heavy atom. The summed E-state index contributed by atoms with van der Waals surface area (Å²) >= 11 is 1.73. The van der Waals surface area contributed by atoms with Gasteiger partial charge in [-0.2, -0.15) is 0 Å². The van der Waals surface area contributed by atoms with E-state index < -0.39 is 0 Å². The maximum atomic E-state index is 4.25. The van der Waals surface area contributed by atoms with E-state index in [4.69, 9.17) is 0 Å². The molecule has 3 heteroatoms. The highest BCUT2D eigenvalue weighted by molar-refractivity contribution is 7.09. The Hall–Kier alpha value is -0.410. The van der Waals surface area contributed by atoms with E-state index in [0.717, 1.165) is 24.4 Å². The summed E-state index contributed by atoms with van der Waals surface area (Å²) < 4.78 is 0. The van der Waals surface area contributed by atoms with Crippen molar-refractivity contribution in [3.8, 4) is 0 Å². The predicted molar refractivity (Wildman–Crippen MR) is 55.7 cm³/mol.